The molecule has 0 saturated heterocycles. The second-order valence-corrected chi connectivity index (χ2v) is 7.46. The molecule has 0 aliphatic rings. The van der Waals surface area contributed by atoms with Gasteiger partial charge in [0.2, 0.25) is 0 Å². The molecular weight excluding hydrogens is 389 g/mol. The van der Waals surface area contributed by atoms with Crippen molar-refractivity contribution in [2.45, 2.75) is 13.5 Å². The molecule has 0 N–H and O–H groups in total. The molecule has 144 valence electrons. The number of hydrogen-bond acceptors (Lipinski definition) is 5. The summed E-state index contributed by atoms with van der Waals surface area (Å²) >= 11 is 1.24. The van der Waals surface area contributed by atoms with Crippen LogP contribution in [0, 0.1) is 5.82 Å². The fourth-order valence-electron chi connectivity index (χ4n) is 2.89. The molecule has 0 aliphatic carbocycles. The lowest BCUT2D eigenvalue weighted by Crippen LogP contribution is -2.30. The van der Waals surface area contributed by atoms with E-state index in [1.807, 2.05) is 12.1 Å². The highest BCUT2D eigenvalue weighted by Crippen LogP contribution is 2.31. The van der Waals surface area contributed by atoms with Crippen molar-refractivity contribution in [3.05, 3.63) is 89.5 Å². The summed E-state index contributed by atoms with van der Waals surface area (Å²) in [5.74, 6) is -0.692. The summed E-state index contributed by atoms with van der Waals surface area (Å²) in [6, 6.07) is 16.3. The second kappa shape index (κ2) is 7.89. The van der Waals surface area contributed by atoms with Crippen LogP contribution in [0.25, 0.3) is 10.2 Å². The van der Waals surface area contributed by atoms with Crippen molar-refractivity contribution < 1.29 is 14.0 Å². The van der Waals surface area contributed by atoms with E-state index in [0.717, 1.165) is 0 Å². The number of anilines is 1. The number of ketones is 1. The van der Waals surface area contributed by atoms with E-state index in [4.69, 9.17) is 0 Å². The Hall–Kier alpha value is -3.45. The summed E-state index contributed by atoms with van der Waals surface area (Å²) in [6.45, 7) is 1.70. The van der Waals surface area contributed by atoms with E-state index in [1.165, 1.54) is 35.3 Å². The summed E-state index contributed by atoms with van der Waals surface area (Å²) in [5.41, 5.74) is 2.29. The maximum absolute atomic E-state index is 13.6. The van der Waals surface area contributed by atoms with Crippen LogP contribution in [0.4, 0.5) is 9.52 Å². The van der Waals surface area contributed by atoms with Gasteiger partial charge >= 0.3 is 0 Å². The summed E-state index contributed by atoms with van der Waals surface area (Å²) in [6.07, 6.45) is 1.66. The quantitative estimate of drug-likeness (QED) is 0.444. The van der Waals surface area contributed by atoms with Crippen LogP contribution in [-0.2, 0) is 6.54 Å². The Morgan fingerprint density at radius 2 is 1.79 bits per heavy atom. The molecule has 5 nitrogen and oxygen atoms in total. The molecule has 0 aliphatic heterocycles. The van der Waals surface area contributed by atoms with Gasteiger partial charge in [0.1, 0.15) is 5.82 Å². The molecule has 4 rings (SSSR count). The van der Waals surface area contributed by atoms with Gasteiger partial charge in [-0.3, -0.25) is 19.5 Å². The predicted octanol–water partition coefficient (Wildman–Crippen LogP) is 4.88. The molecule has 0 unspecified atom stereocenters. The van der Waals surface area contributed by atoms with Gasteiger partial charge in [-0.2, -0.15) is 0 Å². The zero-order chi connectivity index (χ0) is 20.4. The highest BCUT2D eigenvalue weighted by Gasteiger charge is 2.22. The van der Waals surface area contributed by atoms with Crippen molar-refractivity contribution in [3.8, 4) is 0 Å². The number of carbonyl (C=O) groups excluding carboxylic acids is 2. The van der Waals surface area contributed by atoms with Gasteiger partial charge in [0.25, 0.3) is 5.91 Å². The molecule has 4 aromatic rings. The van der Waals surface area contributed by atoms with Crippen LogP contribution >= 0.6 is 11.3 Å². The lowest BCUT2D eigenvalue weighted by atomic mass is 10.1. The Balaban J connectivity index is 1.74. The molecule has 0 fully saturated rings. The van der Waals surface area contributed by atoms with E-state index in [1.54, 1.807) is 42.6 Å². The molecule has 2 heterocycles. The SMILES string of the molecule is CC(=O)c1ccc(C(=O)N(Cc2ccccn2)c2nc3ccc(F)cc3s2)cc1. The van der Waals surface area contributed by atoms with Crippen LogP contribution in [0.1, 0.15) is 33.3 Å². The Kier molecular flexibility index (Phi) is 5.14. The normalized spacial score (nSPS) is 10.8. The minimum atomic E-state index is -0.352. The largest absolute Gasteiger partial charge is 0.295 e. The zero-order valence-electron chi connectivity index (χ0n) is 15.5. The van der Waals surface area contributed by atoms with Crippen LogP contribution in [0.2, 0.25) is 0 Å². The summed E-state index contributed by atoms with van der Waals surface area (Å²) in [4.78, 5) is 35.1. The van der Waals surface area contributed by atoms with Gasteiger partial charge in [0.15, 0.2) is 10.9 Å². The topological polar surface area (TPSA) is 63.2 Å². The molecule has 29 heavy (non-hydrogen) atoms. The van der Waals surface area contributed by atoms with Crippen molar-refractivity contribution in [2.75, 3.05) is 4.90 Å². The van der Waals surface area contributed by atoms with E-state index in [9.17, 15) is 14.0 Å². The number of fused-ring (bicyclic) bond motifs is 1. The van der Waals surface area contributed by atoms with Gasteiger partial charge in [-0.1, -0.05) is 29.5 Å². The van der Waals surface area contributed by atoms with Crippen molar-refractivity contribution >= 4 is 38.4 Å². The Labute approximate surface area is 170 Å². The average Bonchev–Trinajstić information content (AvgIpc) is 3.15. The number of pyridine rings is 1. The highest BCUT2D eigenvalue weighted by atomic mass is 32.1. The maximum atomic E-state index is 13.6. The monoisotopic (exact) mass is 405 g/mol. The number of nitrogens with zero attached hydrogens (tertiary/aromatic N) is 3. The fourth-order valence-corrected chi connectivity index (χ4v) is 3.87. The maximum Gasteiger partial charge on any atom is 0.260 e. The van der Waals surface area contributed by atoms with Gasteiger partial charge in [-0.25, -0.2) is 9.37 Å². The first kappa shape index (κ1) is 18.9. The third kappa shape index (κ3) is 4.05. The third-order valence-electron chi connectivity index (χ3n) is 4.40. The molecule has 0 atom stereocenters. The Morgan fingerprint density at radius 3 is 2.48 bits per heavy atom. The molecule has 0 saturated carbocycles. The third-order valence-corrected chi connectivity index (χ3v) is 5.44. The predicted molar refractivity (Wildman–Crippen MR) is 111 cm³/mol. The van der Waals surface area contributed by atoms with Crippen LogP contribution in [0.15, 0.2) is 66.9 Å². The van der Waals surface area contributed by atoms with Crippen LogP contribution < -0.4 is 4.90 Å². The number of amides is 1. The van der Waals surface area contributed by atoms with Crippen molar-refractivity contribution in [1.82, 2.24) is 9.97 Å². The molecular formula is C22H16FN3O2S. The van der Waals surface area contributed by atoms with Gasteiger partial charge in [-0.15, -0.1) is 0 Å². The average molecular weight is 405 g/mol. The Morgan fingerprint density at radius 1 is 1.03 bits per heavy atom. The zero-order valence-corrected chi connectivity index (χ0v) is 16.3. The number of halogens is 1. The van der Waals surface area contributed by atoms with Gasteiger partial charge in [-0.05, 0) is 49.4 Å². The highest BCUT2D eigenvalue weighted by molar-refractivity contribution is 7.22. The number of Topliss-reactive ketones (excluding diaryl/α,β-unsaturated/α-hetero) is 1. The van der Waals surface area contributed by atoms with Crippen molar-refractivity contribution in [3.63, 3.8) is 0 Å². The van der Waals surface area contributed by atoms with E-state index in [-0.39, 0.29) is 24.1 Å². The first-order valence-electron chi connectivity index (χ1n) is 8.90. The van der Waals surface area contributed by atoms with E-state index in [0.29, 0.717) is 32.2 Å². The Bertz CT molecular complexity index is 1190. The summed E-state index contributed by atoms with van der Waals surface area (Å²) in [5, 5.41) is 0.455. The molecule has 2 aromatic heterocycles. The van der Waals surface area contributed by atoms with Crippen molar-refractivity contribution in [1.29, 1.82) is 0 Å². The lowest BCUT2D eigenvalue weighted by Gasteiger charge is -2.19. The second-order valence-electron chi connectivity index (χ2n) is 6.45. The molecule has 7 heteroatoms. The minimum Gasteiger partial charge on any atom is -0.295 e. The number of thiazole rings is 1. The molecule has 2 aromatic carbocycles. The summed E-state index contributed by atoms with van der Waals surface area (Å²) in [7, 11) is 0. The number of rotatable bonds is 5. The van der Waals surface area contributed by atoms with Gasteiger partial charge < -0.3 is 0 Å². The van der Waals surface area contributed by atoms with Crippen LogP contribution in [-0.4, -0.2) is 21.7 Å². The first-order valence-corrected chi connectivity index (χ1v) is 9.72. The van der Waals surface area contributed by atoms with E-state index in [2.05, 4.69) is 9.97 Å². The number of hydrogen-bond donors (Lipinski definition) is 0. The van der Waals surface area contributed by atoms with Gasteiger partial charge in [0, 0.05) is 17.3 Å². The number of benzene rings is 2. The van der Waals surface area contributed by atoms with E-state index < -0.39 is 0 Å². The number of aromatic nitrogens is 2. The molecule has 0 radical (unpaired) electrons. The number of carbonyl (C=O) groups is 2. The standard InChI is InChI=1S/C22H16FN3O2S/c1-14(27)15-5-7-16(8-6-15)21(28)26(13-18-4-2-3-11-24-18)22-25-19-10-9-17(23)12-20(19)29-22/h2-12H,13H2,1H3. The minimum absolute atomic E-state index is 0.0671. The molecule has 1 amide bonds. The summed E-state index contributed by atoms with van der Waals surface area (Å²) < 4.78 is 14.2. The van der Waals surface area contributed by atoms with E-state index >= 15 is 0 Å². The van der Waals surface area contributed by atoms with Gasteiger partial charge in [0.05, 0.1) is 22.5 Å². The smallest absolute Gasteiger partial charge is 0.260 e. The van der Waals surface area contributed by atoms with Crippen LogP contribution in [0.5, 0.6) is 0 Å². The molecule has 0 spiro atoms. The van der Waals surface area contributed by atoms with Crippen LogP contribution in [0.3, 0.4) is 0 Å². The molecule has 0 bridgehead atoms. The first-order chi connectivity index (χ1) is 14.0. The lowest BCUT2D eigenvalue weighted by molar-refractivity contribution is 0.0980. The van der Waals surface area contributed by atoms with Crippen molar-refractivity contribution in [2.24, 2.45) is 0 Å². The fraction of sp³-hybridized carbons (Fsp3) is 0.0909.